The SMILES string of the molecule is Cn1ccn2ncc(C(=O)N3CC[C@](O)(c4ccccc4)[C@H](N4CCCC4)C3)c12. The van der Waals surface area contributed by atoms with Gasteiger partial charge in [-0.15, -0.1) is 0 Å². The molecule has 2 atom stereocenters. The van der Waals surface area contributed by atoms with Gasteiger partial charge in [0.05, 0.1) is 12.2 Å². The average molecular weight is 393 g/mol. The number of nitrogens with zero attached hydrogens (tertiary/aromatic N) is 5. The van der Waals surface area contributed by atoms with Crippen LogP contribution >= 0.6 is 0 Å². The minimum atomic E-state index is -0.943. The number of carbonyl (C=O) groups is 1. The van der Waals surface area contributed by atoms with Crippen molar-refractivity contribution in [2.24, 2.45) is 7.05 Å². The Labute approximate surface area is 170 Å². The second-order valence-corrected chi connectivity index (χ2v) is 8.29. The molecule has 0 aliphatic carbocycles. The molecule has 0 unspecified atom stereocenters. The molecule has 3 aromatic rings. The minimum Gasteiger partial charge on any atom is -0.383 e. The van der Waals surface area contributed by atoms with Gasteiger partial charge in [-0.1, -0.05) is 30.3 Å². The molecule has 1 N–H and O–H groups in total. The Morgan fingerprint density at radius 3 is 2.66 bits per heavy atom. The molecule has 2 aliphatic rings. The maximum atomic E-state index is 13.4. The number of piperidine rings is 1. The van der Waals surface area contributed by atoms with Gasteiger partial charge in [0.25, 0.3) is 5.91 Å². The van der Waals surface area contributed by atoms with Gasteiger partial charge in [-0.2, -0.15) is 5.10 Å². The molecular formula is C22H27N5O2. The summed E-state index contributed by atoms with van der Waals surface area (Å²) in [6, 6.07) is 9.83. The Morgan fingerprint density at radius 2 is 1.90 bits per heavy atom. The summed E-state index contributed by atoms with van der Waals surface area (Å²) in [7, 11) is 1.92. The Kier molecular flexibility index (Phi) is 4.44. The predicted molar refractivity (Wildman–Crippen MR) is 110 cm³/mol. The number of aliphatic hydroxyl groups is 1. The van der Waals surface area contributed by atoms with Crippen molar-refractivity contribution in [1.82, 2.24) is 24.0 Å². The summed E-state index contributed by atoms with van der Waals surface area (Å²) in [5.41, 5.74) is 1.42. The molecular weight excluding hydrogens is 366 g/mol. The van der Waals surface area contributed by atoms with Crippen LogP contribution in [0.25, 0.3) is 5.65 Å². The van der Waals surface area contributed by atoms with Crippen LogP contribution in [0.2, 0.25) is 0 Å². The minimum absolute atomic E-state index is 0.0129. The first-order valence-corrected chi connectivity index (χ1v) is 10.4. The predicted octanol–water partition coefficient (Wildman–Crippen LogP) is 1.87. The van der Waals surface area contributed by atoms with Crippen molar-refractivity contribution in [1.29, 1.82) is 0 Å². The summed E-state index contributed by atoms with van der Waals surface area (Å²) >= 11 is 0. The summed E-state index contributed by atoms with van der Waals surface area (Å²) in [6.45, 7) is 2.98. The van der Waals surface area contributed by atoms with Gasteiger partial charge in [0.1, 0.15) is 16.8 Å². The normalized spacial score (nSPS) is 25.7. The summed E-state index contributed by atoms with van der Waals surface area (Å²) in [5.74, 6) is -0.0129. The van der Waals surface area contributed by atoms with E-state index in [4.69, 9.17) is 0 Å². The van der Waals surface area contributed by atoms with Gasteiger partial charge in [-0.3, -0.25) is 9.69 Å². The van der Waals surface area contributed by atoms with Crippen LogP contribution in [0.5, 0.6) is 0 Å². The zero-order valence-corrected chi connectivity index (χ0v) is 16.7. The third kappa shape index (κ3) is 2.96. The van der Waals surface area contributed by atoms with Crippen molar-refractivity contribution < 1.29 is 9.90 Å². The zero-order chi connectivity index (χ0) is 20.0. The van der Waals surface area contributed by atoms with E-state index in [0.29, 0.717) is 25.1 Å². The van der Waals surface area contributed by atoms with Crippen molar-refractivity contribution in [3.8, 4) is 0 Å². The summed E-state index contributed by atoms with van der Waals surface area (Å²) in [6.07, 6.45) is 8.22. The molecule has 5 rings (SSSR count). The number of amides is 1. The van der Waals surface area contributed by atoms with Crippen LogP contribution in [0.15, 0.2) is 48.9 Å². The van der Waals surface area contributed by atoms with E-state index in [9.17, 15) is 9.90 Å². The Bertz CT molecular complexity index is 1020. The molecule has 1 amide bonds. The molecule has 7 nitrogen and oxygen atoms in total. The first kappa shape index (κ1) is 18.4. The van der Waals surface area contributed by atoms with E-state index in [-0.39, 0.29) is 11.9 Å². The standard InChI is InChI=1S/C22H27N5O2/c1-24-13-14-27-20(24)18(15-23-27)21(28)26-12-9-22(29,17-7-3-2-4-8-17)19(16-26)25-10-5-6-11-25/h2-4,7-8,13-15,19,29H,5-6,9-12,16H2,1H3/t19-,22+/m1/s1. The maximum absolute atomic E-state index is 13.4. The third-order valence-corrected chi connectivity index (χ3v) is 6.61. The molecule has 2 saturated heterocycles. The molecule has 152 valence electrons. The number of benzene rings is 1. The van der Waals surface area contributed by atoms with Gasteiger partial charge < -0.3 is 14.6 Å². The number of rotatable bonds is 3. The van der Waals surface area contributed by atoms with Gasteiger partial charge in [0.2, 0.25) is 0 Å². The van der Waals surface area contributed by atoms with Gasteiger partial charge in [0, 0.05) is 32.5 Å². The Morgan fingerprint density at radius 1 is 1.14 bits per heavy atom. The number of aryl methyl sites for hydroxylation is 1. The molecule has 7 heteroatoms. The monoisotopic (exact) mass is 393 g/mol. The molecule has 1 aromatic carbocycles. The number of aromatic nitrogens is 3. The molecule has 29 heavy (non-hydrogen) atoms. The van der Waals surface area contributed by atoms with Crippen LogP contribution in [0, 0.1) is 0 Å². The summed E-state index contributed by atoms with van der Waals surface area (Å²) < 4.78 is 3.65. The zero-order valence-electron chi connectivity index (χ0n) is 16.7. The first-order valence-electron chi connectivity index (χ1n) is 10.4. The second kappa shape index (κ2) is 7.00. The average Bonchev–Trinajstić information content (AvgIpc) is 3.48. The van der Waals surface area contributed by atoms with Crippen LogP contribution in [-0.4, -0.2) is 67.2 Å². The highest BCUT2D eigenvalue weighted by Gasteiger charge is 2.47. The van der Waals surface area contributed by atoms with Gasteiger partial charge in [-0.05, 0) is 37.9 Å². The molecule has 2 fully saturated rings. The number of imidazole rings is 1. The van der Waals surface area contributed by atoms with Crippen molar-refractivity contribution in [3.63, 3.8) is 0 Å². The first-order chi connectivity index (χ1) is 14.1. The number of hydrogen-bond donors (Lipinski definition) is 1. The van der Waals surface area contributed by atoms with Crippen LogP contribution in [0.1, 0.15) is 35.2 Å². The van der Waals surface area contributed by atoms with Gasteiger partial charge in [0.15, 0.2) is 0 Å². The van der Waals surface area contributed by atoms with Gasteiger partial charge >= 0.3 is 0 Å². The smallest absolute Gasteiger partial charge is 0.259 e. The van der Waals surface area contributed by atoms with Crippen LogP contribution in [-0.2, 0) is 12.6 Å². The fraction of sp³-hybridized carbons (Fsp3) is 0.455. The third-order valence-electron chi connectivity index (χ3n) is 6.61. The van der Waals surface area contributed by atoms with Gasteiger partial charge in [-0.25, -0.2) is 4.52 Å². The van der Waals surface area contributed by atoms with Crippen molar-refractivity contribution in [3.05, 3.63) is 60.0 Å². The van der Waals surface area contributed by atoms with Crippen LogP contribution < -0.4 is 0 Å². The highest BCUT2D eigenvalue weighted by atomic mass is 16.3. The van der Waals surface area contributed by atoms with Crippen molar-refractivity contribution in [2.45, 2.75) is 30.9 Å². The number of carbonyl (C=O) groups excluding carboxylic acids is 1. The lowest BCUT2D eigenvalue weighted by Gasteiger charge is -2.48. The Balaban J connectivity index is 1.47. The molecule has 2 aliphatic heterocycles. The van der Waals surface area contributed by atoms with E-state index in [1.165, 1.54) is 0 Å². The fourth-order valence-corrected chi connectivity index (χ4v) is 5.01. The van der Waals surface area contributed by atoms with E-state index in [1.54, 1.807) is 10.7 Å². The summed E-state index contributed by atoms with van der Waals surface area (Å²) in [5, 5.41) is 16.1. The summed E-state index contributed by atoms with van der Waals surface area (Å²) in [4.78, 5) is 17.6. The van der Waals surface area contributed by atoms with Crippen LogP contribution in [0.4, 0.5) is 0 Å². The van der Waals surface area contributed by atoms with E-state index in [2.05, 4.69) is 10.00 Å². The number of fused-ring (bicyclic) bond motifs is 1. The molecule has 0 bridgehead atoms. The van der Waals surface area contributed by atoms with E-state index in [0.717, 1.165) is 37.1 Å². The topological polar surface area (TPSA) is 66.0 Å². The van der Waals surface area contributed by atoms with E-state index >= 15 is 0 Å². The lowest BCUT2D eigenvalue weighted by molar-refractivity contribution is -0.0877. The van der Waals surface area contributed by atoms with Crippen LogP contribution in [0.3, 0.4) is 0 Å². The lowest BCUT2D eigenvalue weighted by atomic mass is 9.79. The second-order valence-electron chi connectivity index (χ2n) is 8.29. The largest absolute Gasteiger partial charge is 0.383 e. The maximum Gasteiger partial charge on any atom is 0.259 e. The van der Waals surface area contributed by atoms with E-state index < -0.39 is 5.60 Å². The van der Waals surface area contributed by atoms with E-state index in [1.807, 2.05) is 59.2 Å². The number of likely N-dealkylation sites (tertiary alicyclic amines) is 2. The molecule has 2 aromatic heterocycles. The Hall–Kier alpha value is -2.64. The van der Waals surface area contributed by atoms with Crippen molar-refractivity contribution >= 4 is 11.6 Å². The number of hydrogen-bond acceptors (Lipinski definition) is 4. The molecule has 0 radical (unpaired) electrons. The lowest BCUT2D eigenvalue weighted by Crippen LogP contribution is -2.61. The highest BCUT2D eigenvalue weighted by molar-refractivity contribution is 6.00. The quantitative estimate of drug-likeness (QED) is 0.738. The fourth-order valence-electron chi connectivity index (χ4n) is 5.01. The van der Waals surface area contributed by atoms with Crippen molar-refractivity contribution in [2.75, 3.05) is 26.2 Å². The molecule has 0 spiro atoms. The molecule has 4 heterocycles. The highest BCUT2D eigenvalue weighted by Crippen LogP contribution is 2.37. The molecule has 0 saturated carbocycles.